The largest absolute Gasteiger partial charge is 0.226 e. The molecule has 0 N–H and O–H groups in total. The second-order valence-electron chi connectivity index (χ2n) is 10.2. The van der Waals surface area contributed by atoms with Crippen molar-refractivity contribution in [3.63, 3.8) is 0 Å². The lowest BCUT2D eigenvalue weighted by molar-refractivity contribution is 1.07. The van der Waals surface area contributed by atoms with Crippen LogP contribution in [0.15, 0.2) is 133 Å². The van der Waals surface area contributed by atoms with Crippen LogP contribution in [0.1, 0.15) is 0 Å². The number of benzene rings is 6. The summed E-state index contributed by atoms with van der Waals surface area (Å²) in [6.07, 6.45) is 0. The molecule has 0 aliphatic rings. The van der Waals surface area contributed by atoms with Gasteiger partial charge in [-0.25, -0.2) is 4.98 Å². The van der Waals surface area contributed by atoms with Gasteiger partial charge in [0, 0.05) is 31.3 Å². The van der Waals surface area contributed by atoms with Crippen LogP contribution in [-0.2, 0) is 0 Å². The van der Waals surface area contributed by atoms with E-state index in [9.17, 15) is 0 Å². The summed E-state index contributed by atoms with van der Waals surface area (Å²) in [5.41, 5.74) is 6.42. The highest BCUT2D eigenvalue weighted by atomic mass is 35.5. The Bertz CT molecular complexity index is 2260. The molecule has 2 heterocycles. The SMILES string of the molecule is Clc1nc(-c2cccc(-c3ccccc3)c2)nc(-c2cc3ccccc3c3sc4cccc(-c5ccccc5)c4c23)n1. The van der Waals surface area contributed by atoms with Gasteiger partial charge in [-0.1, -0.05) is 115 Å². The monoisotopic (exact) mass is 575 g/mol. The molecule has 3 nitrogen and oxygen atoms in total. The van der Waals surface area contributed by atoms with E-state index in [4.69, 9.17) is 21.6 Å². The van der Waals surface area contributed by atoms with Gasteiger partial charge in [0.1, 0.15) is 0 Å². The number of hydrogen-bond donors (Lipinski definition) is 0. The first-order valence-corrected chi connectivity index (χ1v) is 14.9. The molecule has 0 radical (unpaired) electrons. The van der Waals surface area contributed by atoms with Crippen molar-refractivity contribution in [2.75, 3.05) is 0 Å². The Morgan fingerprint density at radius 3 is 1.98 bits per heavy atom. The van der Waals surface area contributed by atoms with E-state index in [-0.39, 0.29) is 5.28 Å². The number of hydrogen-bond acceptors (Lipinski definition) is 4. The standard InChI is InChI=1S/C37H22ClN3S/c38-37-40-35(27-17-9-16-25(21-27)23-11-3-1-4-12-23)39-36(41-37)30-22-26-15-7-8-18-29(26)34-33(30)32-28(19-10-20-31(32)42-34)24-13-5-2-6-14-24/h1-22H. The van der Waals surface area contributed by atoms with Gasteiger partial charge in [-0.15, -0.1) is 11.3 Å². The molecule has 0 aliphatic carbocycles. The third-order valence-electron chi connectivity index (χ3n) is 7.65. The molecule has 0 spiro atoms. The number of thiophene rings is 1. The Morgan fingerprint density at radius 1 is 0.476 bits per heavy atom. The molecule has 0 saturated carbocycles. The van der Waals surface area contributed by atoms with Gasteiger partial charge in [-0.2, -0.15) is 9.97 Å². The predicted molar refractivity (Wildman–Crippen MR) is 177 cm³/mol. The number of halogens is 1. The van der Waals surface area contributed by atoms with Crippen molar-refractivity contribution in [2.24, 2.45) is 0 Å². The summed E-state index contributed by atoms with van der Waals surface area (Å²) in [4.78, 5) is 14.3. The molecule has 6 aromatic carbocycles. The van der Waals surface area contributed by atoms with Gasteiger partial charge >= 0.3 is 0 Å². The Balaban J connectivity index is 1.41. The van der Waals surface area contributed by atoms with E-state index in [1.54, 1.807) is 0 Å². The first-order valence-electron chi connectivity index (χ1n) is 13.7. The number of aromatic nitrogens is 3. The van der Waals surface area contributed by atoms with Crippen LogP contribution >= 0.6 is 22.9 Å². The van der Waals surface area contributed by atoms with E-state index >= 15 is 0 Å². The highest BCUT2D eigenvalue weighted by Gasteiger charge is 2.20. The molecule has 0 aliphatic heterocycles. The molecule has 0 amide bonds. The van der Waals surface area contributed by atoms with Crippen LogP contribution in [0, 0.1) is 0 Å². The minimum Gasteiger partial charge on any atom is -0.208 e. The molecule has 0 bridgehead atoms. The summed E-state index contributed by atoms with van der Waals surface area (Å²) in [6, 6.07) is 46.3. The smallest absolute Gasteiger partial charge is 0.208 e. The molecule has 8 aromatic rings. The molecule has 0 atom stereocenters. The van der Waals surface area contributed by atoms with Gasteiger partial charge in [0.25, 0.3) is 0 Å². The molecule has 42 heavy (non-hydrogen) atoms. The molecular formula is C37H22ClN3S. The fourth-order valence-corrected chi connectivity index (χ4v) is 7.21. The molecule has 0 fully saturated rings. The molecule has 0 unspecified atom stereocenters. The van der Waals surface area contributed by atoms with Crippen molar-refractivity contribution in [3.8, 4) is 45.0 Å². The second-order valence-corrected chi connectivity index (χ2v) is 11.6. The van der Waals surface area contributed by atoms with Gasteiger partial charge in [-0.3, -0.25) is 0 Å². The molecule has 5 heteroatoms. The Labute approximate surface area is 251 Å². The Kier molecular flexibility index (Phi) is 6.03. The molecule has 2 aromatic heterocycles. The molecule has 8 rings (SSSR count). The second kappa shape index (κ2) is 10.2. The zero-order valence-corrected chi connectivity index (χ0v) is 23.9. The Morgan fingerprint density at radius 2 is 1.14 bits per heavy atom. The van der Waals surface area contributed by atoms with Crippen molar-refractivity contribution in [2.45, 2.75) is 0 Å². The highest BCUT2D eigenvalue weighted by Crippen LogP contribution is 2.47. The lowest BCUT2D eigenvalue weighted by Gasteiger charge is -2.11. The van der Waals surface area contributed by atoms with Crippen LogP contribution in [0.5, 0.6) is 0 Å². The van der Waals surface area contributed by atoms with Crippen molar-refractivity contribution in [3.05, 3.63) is 139 Å². The molecule has 0 saturated heterocycles. The predicted octanol–water partition coefficient (Wildman–Crippen LogP) is 10.7. The summed E-state index contributed by atoms with van der Waals surface area (Å²) in [5.74, 6) is 1.11. The molecule has 198 valence electrons. The van der Waals surface area contributed by atoms with Gasteiger partial charge in [0.15, 0.2) is 11.6 Å². The van der Waals surface area contributed by atoms with Crippen molar-refractivity contribution in [1.82, 2.24) is 15.0 Å². The van der Waals surface area contributed by atoms with E-state index in [2.05, 4.69) is 108 Å². The lowest BCUT2D eigenvalue weighted by atomic mass is 9.95. The Hall–Kier alpha value is -4.90. The maximum Gasteiger partial charge on any atom is 0.226 e. The molecular weight excluding hydrogens is 554 g/mol. The number of nitrogens with zero attached hydrogens (tertiary/aromatic N) is 3. The highest BCUT2D eigenvalue weighted by molar-refractivity contribution is 7.27. The summed E-state index contributed by atoms with van der Waals surface area (Å²) in [7, 11) is 0. The first kappa shape index (κ1) is 24.9. The van der Waals surface area contributed by atoms with E-state index in [0.717, 1.165) is 33.0 Å². The van der Waals surface area contributed by atoms with Crippen molar-refractivity contribution >= 4 is 53.9 Å². The zero-order chi connectivity index (χ0) is 28.0. The summed E-state index contributed by atoms with van der Waals surface area (Å²) in [5, 5.41) is 4.86. The van der Waals surface area contributed by atoms with E-state index in [0.29, 0.717) is 11.6 Å². The van der Waals surface area contributed by atoms with Crippen LogP contribution in [-0.4, -0.2) is 15.0 Å². The van der Waals surface area contributed by atoms with E-state index < -0.39 is 0 Å². The zero-order valence-electron chi connectivity index (χ0n) is 22.3. The van der Waals surface area contributed by atoms with E-state index in [1.165, 1.54) is 31.3 Å². The average molecular weight is 576 g/mol. The van der Waals surface area contributed by atoms with Gasteiger partial charge in [0.05, 0.1) is 0 Å². The van der Waals surface area contributed by atoms with Crippen LogP contribution in [0.25, 0.3) is 76.0 Å². The van der Waals surface area contributed by atoms with Gasteiger partial charge in [0.2, 0.25) is 5.28 Å². The maximum atomic E-state index is 6.64. The minimum absolute atomic E-state index is 0.171. The van der Waals surface area contributed by atoms with Crippen molar-refractivity contribution in [1.29, 1.82) is 0 Å². The number of rotatable bonds is 4. The summed E-state index contributed by atoms with van der Waals surface area (Å²) in [6.45, 7) is 0. The maximum absolute atomic E-state index is 6.64. The van der Waals surface area contributed by atoms with Crippen LogP contribution in [0.4, 0.5) is 0 Å². The van der Waals surface area contributed by atoms with Gasteiger partial charge in [-0.05, 0) is 62.8 Å². The van der Waals surface area contributed by atoms with Crippen molar-refractivity contribution < 1.29 is 0 Å². The first-order chi connectivity index (χ1) is 20.7. The average Bonchev–Trinajstić information content (AvgIpc) is 3.45. The van der Waals surface area contributed by atoms with E-state index in [1.807, 2.05) is 41.7 Å². The third-order valence-corrected chi connectivity index (χ3v) is 9.01. The fourth-order valence-electron chi connectivity index (χ4n) is 5.76. The number of fused-ring (bicyclic) bond motifs is 5. The minimum atomic E-state index is 0.171. The lowest BCUT2D eigenvalue weighted by Crippen LogP contribution is -1.98. The fraction of sp³-hybridized carbons (Fsp3) is 0. The summed E-state index contributed by atoms with van der Waals surface area (Å²) >= 11 is 8.44. The summed E-state index contributed by atoms with van der Waals surface area (Å²) < 4.78 is 2.44. The van der Waals surface area contributed by atoms with Crippen LogP contribution < -0.4 is 0 Å². The quantitative estimate of drug-likeness (QED) is 0.209. The van der Waals surface area contributed by atoms with Gasteiger partial charge < -0.3 is 0 Å². The topological polar surface area (TPSA) is 38.7 Å². The van der Waals surface area contributed by atoms with Crippen LogP contribution in [0.3, 0.4) is 0 Å². The van der Waals surface area contributed by atoms with Crippen LogP contribution in [0.2, 0.25) is 5.28 Å². The third kappa shape index (κ3) is 4.24. The normalized spacial score (nSPS) is 11.5.